The lowest BCUT2D eigenvalue weighted by atomic mass is 10.0. The Morgan fingerprint density at radius 3 is 0.811 bits per heavy atom. The molecule has 0 aliphatic heterocycles. The van der Waals surface area contributed by atoms with Gasteiger partial charge in [0, 0.05) is 93.9 Å². The zero-order valence-electron chi connectivity index (χ0n) is 49.2. The minimum absolute atomic E-state index is 0.696. The summed E-state index contributed by atoms with van der Waals surface area (Å²) in [4.78, 5) is 42.0. The molecule has 11 aromatic carbocycles. The number of hydrogen-bond acceptors (Lipinski definition) is 12. The standard InChI is InChI=1S/2C28H19N3S.C22H15N3S/c1-18-29-27(21-11-7-10-20(16-21)19-8-3-2-4-9-19)31-28(30-18)22-14-15-24-23-12-5-6-13-25(23)32-26(24)17-22;1-18-29-27(21-13-11-20(12-14-21)19-7-3-2-4-8-19)31-28(30-18)22-15-16-24-23-9-5-6-10-25(23)32-26(24)17-22;1-14-23-21(15-7-3-2-4-8-15)25-22(24-14)16-11-12-18-17-9-5-6-10-19(17)26-20(18)13-16/h2*2-17H,1H3;2-13H,1H3. The van der Waals surface area contributed by atoms with Gasteiger partial charge in [0.15, 0.2) is 34.9 Å². The van der Waals surface area contributed by atoms with Crippen LogP contribution in [0, 0.1) is 20.8 Å². The Labute approximate surface area is 531 Å². The molecule has 0 fully saturated rings. The predicted molar refractivity (Wildman–Crippen MR) is 376 cm³/mol. The summed E-state index contributed by atoms with van der Waals surface area (Å²) in [5, 5.41) is 7.72. The van der Waals surface area contributed by atoms with Crippen LogP contribution in [-0.2, 0) is 0 Å². The van der Waals surface area contributed by atoms with E-state index in [1.807, 2.05) is 63.2 Å². The first-order valence-electron chi connectivity index (χ1n) is 29.6. The van der Waals surface area contributed by atoms with E-state index in [-0.39, 0.29) is 0 Å². The van der Waals surface area contributed by atoms with Crippen molar-refractivity contribution in [2.75, 3.05) is 0 Å². The fraction of sp³-hybridized carbons (Fsp3) is 0.0385. The molecule has 17 aromatic rings. The maximum absolute atomic E-state index is 4.85. The molecule has 0 aliphatic rings. The van der Waals surface area contributed by atoms with Crippen molar-refractivity contribution in [2.45, 2.75) is 20.8 Å². The van der Waals surface area contributed by atoms with Gasteiger partial charge in [0.25, 0.3) is 0 Å². The summed E-state index contributed by atoms with van der Waals surface area (Å²) in [6, 6.07) is 92.5. The molecule has 6 heterocycles. The molecule has 0 N–H and O–H groups in total. The minimum atomic E-state index is 0.696. The molecule has 90 heavy (non-hydrogen) atoms. The van der Waals surface area contributed by atoms with E-state index < -0.39 is 0 Å². The van der Waals surface area contributed by atoms with Crippen LogP contribution in [0.2, 0.25) is 0 Å². The Morgan fingerprint density at radius 1 is 0.178 bits per heavy atom. The smallest absolute Gasteiger partial charge is 0.163 e. The van der Waals surface area contributed by atoms with Crippen molar-refractivity contribution in [3.8, 4) is 90.6 Å². The largest absolute Gasteiger partial charge is 0.213 e. The Bertz CT molecular complexity index is 5470. The minimum Gasteiger partial charge on any atom is -0.213 e. The van der Waals surface area contributed by atoms with E-state index in [0.29, 0.717) is 40.8 Å². The second-order valence-electron chi connectivity index (χ2n) is 21.8. The van der Waals surface area contributed by atoms with Gasteiger partial charge in [-0.2, -0.15) is 0 Å². The third-order valence-corrected chi connectivity index (χ3v) is 19.1. The number of benzene rings is 11. The molecular formula is C78H53N9S3. The fourth-order valence-corrected chi connectivity index (χ4v) is 14.7. The molecule has 0 bridgehead atoms. The molecule has 0 radical (unpaired) electrons. The highest BCUT2D eigenvalue weighted by atomic mass is 32.1. The first kappa shape index (κ1) is 55.7. The lowest BCUT2D eigenvalue weighted by molar-refractivity contribution is 0.992. The van der Waals surface area contributed by atoms with Crippen LogP contribution in [0.25, 0.3) is 151 Å². The van der Waals surface area contributed by atoms with Crippen molar-refractivity contribution in [3.63, 3.8) is 0 Å². The number of fused-ring (bicyclic) bond motifs is 9. The van der Waals surface area contributed by atoms with Gasteiger partial charge in [0.2, 0.25) is 0 Å². The van der Waals surface area contributed by atoms with Gasteiger partial charge < -0.3 is 0 Å². The number of nitrogens with zero attached hydrogens (tertiary/aromatic N) is 9. The highest BCUT2D eigenvalue weighted by molar-refractivity contribution is 7.26. The fourth-order valence-electron chi connectivity index (χ4n) is 11.3. The molecule has 0 unspecified atom stereocenters. The van der Waals surface area contributed by atoms with Crippen LogP contribution in [0.5, 0.6) is 0 Å². The van der Waals surface area contributed by atoms with Gasteiger partial charge >= 0.3 is 0 Å². The van der Waals surface area contributed by atoms with Crippen LogP contribution < -0.4 is 0 Å². The van der Waals surface area contributed by atoms with Gasteiger partial charge in [-0.3, -0.25) is 0 Å². The quantitative estimate of drug-likeness (QED) is 0.147. The average molecular weight is 1210 g/mol. The van der Waals surface area contributed by atoms with Crippen molar-refractivity contribution in [2.24, 2.45) is 0 Å². The Kier molecular flexibility index (Phi) is 15.1. The molecule has 9 nitrogen and oxygen atoms in total. The van der Waals surface area contributed by atoms with Gasteiger partial charge in [-0.05, 0) is 85.5 Å². The van der Waals surface area contributed by atoms with Crippen molar-refractivity contribution in [3.05, 3.63) is 284 Å². The van der Waals surface area contributed by atoms with Crippen LogP contribution in [0.4, 0.5) is 0 Å². The van der Waals surface area contributed by atoms with Crippen molar-refractivity contribution < 1.29 is 0 Å². The number of aryl methyl sites for hydroxylation is 3. The second kappa shape index (κ2) is 24.3. The molecule has 0 saturated carbocycles. The van der Waals surface area contributed by atoms with Crippen molar-refractivity contribution in [1.82, 2.24) is 44.9 Å². The average Bonchev–Trinajstić information content (AvgIpc) is 1.88. The summed E-state index contributed by atoms with van der Waals surface area (Å²) < 4.78 is 7.64. The third kappa shape index (κ3) is 11.5. The molecule has 0 aliphatic carbocycles. The molecule has 0 spiro atoms. The van der Waals surface area contributed by atoms with Gasteiger partial charge in [-0.25, -0.2) is 44.9 Å². The van der Waals surface area contributed by atoms with E-state index in [1.165, 1.54) is 77.2 Å². The van der Waals surface area contributed by atoms with Gasteiger partial charge in [-0.15, -0.1) is 34.0 Å². The summed E-state index contributed by atoms with van der Waals surface area (Å²) in [5.74, 6) is 6.40. The van der Waals surface area contributed by atoms with E-state index in [0.717, 1.165) is 50.6 Å². The Hall–Kier alpha value is -10.9. The van der Waals surface area contributed by atoms with Crippen LogP contribution in [0.15, 0.2) is 267 Å². The molecular weight excluding hydrogens is 1160 g/mol. The number of rotatable bonds is 8. The monoisotopic (exact) mass is 1210 g/mol. The van der Waals surface area contributed by atoms with E-state index in [1.54, 1.807) is 34.0 Å². The first-order valence-corrected chi connectivity index (χ1v) is 32.0. The maximum Gasteiger partial charge on any atom is 0.163 e. The zero-order chi connectivity index (χ0) is 60.5. The summed E-state index contributed by atoms with van der Waals surface area (Å²) in [6.45, 7) is 5.76. The third-order valence-electron chi connectivity index (χ3n) is 15.7. The van der Waals surface area contributed by atoms with E-state index in [9.17, 15) is 0 Å². The highest BCUT2D eigenvalue weighted by Crippen LogP contribution is 2.39. The summed E-state index contributed by atoms with van der Waals surface area (Å²) in [6.07, 6.45) is 0. The number of thiophene rings is 3. The van der Waals surface area contributed by atoms with E-state index in [2.05, 4.69) is 254 Å². The lowest BCUT2D eigenvalue weighted by Gasteiger charge is -2.08. The Balaban J connectivity index is 0.000000113. The molecule has 428 valence electrons. The van der Waals surface area contributed by atoms with Crippen molar-refractivity contribution in [1.29, 1.82) is 0 Å². The van der Waals surface area contributed by atoms with Gasteiger partial charge in [-0.1, -0.05) is 224 Å². The van der Waals surface area contributed by atoms with Crippen LogP contribution in [0.3, 0.4) is 0 Å². The van der Waals surface area contributed by atoms with Crippen LogP contribution in [-0.4, -0.2) is 44.9 Å². The summed E-state index contributed by atoms with van der Waals surface area (Å²) >= 11 is 5.41. The summed E-state index contributed by atoms with van der Waals surface area (Å²) in [5.41, 5.74) is 10.7. The molecule has 0 atom stereocenters. The topological polar surface area (TPSA) is 116 Å². The zero-order valence-corrected chi connectivity index (χ0v) is 51.6. The number of hydrogen-bond donors (Lipinski definition) is 0. The van der Waals surface area contributed by atoms with Crippen molar-refractivity contribution >= 4 is 94.5 Å². The lowest BCUT2D eigenvalue weighted by Crippen LogP contribution is -1.99. The summed E-state index contributed by atoms with van der Waals surface area (Å²) in [7, 11) is 0. The molecule has 0 amide bonds. The van der Waals surface area contributed by atoms with E-state index in [4.69, 9.17) is 15.0 Å². The second-order valence-corrected chi connectivity index (χ2v) is 25.0. The highest BCUT2D eigenvalue weighted by Gasteiger charge is 2.16. The first-order chi connectivity index (χ1) is 44.3. The molecule has 12 heteroatoms. The molecule has 0 saturated heterocycles. The molecule has 6 aromatic heterocycles. The van der Waals surface area contributed by atoms with Crippen LogP contribution in [0.1, 0.15) is 17.5 Å². The van der Waals surface area contributed by atoms with Gasteiger partial charge in [0.1, 0.15) is 17.5 Å². The number of aromatic nitrogens is 9. The maximum atomic E-state index is 4.85. The molecule has 17 rings (SSSR count). The SMILES string of the molecule is Cc1nc(-c2ccc(-c3ccccc3)cc2)nc(-c2ccc3c(c2)sc2ccccc23)n1.Cc1nc(-c2cccc(-c3ccccc3)c2)nc(-c2ccc3c(c2)sc2ccccc23)n1.Cc1nc(-c2ccccc2)nc(-c2ccc3c(c2)sc2ccccc23)n1. The Morgan fingerprint density at radius 2 is 0.422 bits per heavy atom. The van der Waals surface area contributed by atoms with E-state index >= 15 is 0 Å². The predicted octanol–water partition coefficient (Wildman–Crippen LogP) is 21.0. The normalized spacial score (nSPS) is 11.3. The van der Waals surface area contributed by atoms with Gasteiger partial charge in [0.05, 0.1) is 0 Å². The van der Waals surface area contributed by atoms with Crippen LogP contribution >= 0.6 is 34.0 Å².